The van der Waals surface area contributed by atoms with Gasteiger partial charge < -0.3 is 5.32 Å². The fourth-order valence-electron chi connectivity index (χ4n) is 0.752. The highest BCUT2D eigenvalue weighted by Gasteiger charge is 2.15. The van der Waals surface area contributed by atoms with E-state index in [0.29, 0.717) is 4.58 Å². The average molecular weight is 177 g/mol. The number of nitrogens with one attached hydrogen (secondary N) is 1. The molecule has 1 amide bonds. The first-order valence-corrected chi connectivity index (χ1v) is 5.36. The minimum atomic E-state index is 0.0769. The molecule has 1 aliphatic heterocycles. The lowest BCUT2D eigenvalue weighted by atomic mass is 10.6. The maximum Gasteiger partial charge on any atom is 0.216 e. The van der Waals surface area contributed by atoms with Crippen molar-refractivity contribution in [1.82, 2.24) is 5.32 Å². The van der Waals surface area contributed by atoms with E-state index in [1.54, 1.807) is 6.92 Å². The summed E-state index contributed by atoms with van der Waals surface area (Å²) in [6.07, 6.45) is 0. The van der Waals surface area contributed by atoms with E-state index >= 15 is 0 Å². The van der Waals surface area contributed by atoms with Gasteiger partial charge in [0.15, 0.2) is 0 Å². The molecule has 4 heteroatoms. The topological polar surface area (TPSA) is 29.1 Å². The van der Waals surface area contributed by atoms with Gasteiger partial charge in [-0.25, -0.2) is 0 Å². The van der Waals surface area contributed by atoms with Crippen LogP contribution in [0.5, 0.6) is 0 Å². The highest BCUT2D eigenvalue weighted by atomic mass is 32.2. The van der Waals surface area contributed by atoms with Crippen LogP contribution in [0.25, 0.3) is 0 Å². The van der Waals surface area contributed by atoms with Crippen LogP contribution in [-0.4, -0.2) is 28.5 Å². The van der Waals surface area contributed by atoms with Crippen molar-refractivity contribution in [2.75, 3.05) is 18.1 Å². The molecule has 0 bridgehead atoms. The molecule has 2 nitrogen and oxygen atoms in total. The van der Waals surface area contributed by atoms with Gasteiger partial charge in [-0.3, -0.25) is 4.79 Å². The Morgan fingerprint density at radius 3 is 2.70 bits per heavy atom. The van der Waals surface area contributed by atoms with Crippen molar-refractivity contribution in [2.24, 2.45) is 0 Å². The third kappa shape index (κ3) is 2.84. The second-order valence-corrected chi connectivity index (χ2v) is 5.03. The second kappa shape index (κ2) is 4.13. The van der Waals surface area contributed by atoms with Crippen LogP contribution in [0.1, 0.15) is 6.92 Å². The molecule has 0 aromatic rings. The van der Waals surface area contributed by atoms with E-state index in [4.69, 9.17) is 0 Å². The van der Waals surface area contributed by atoms with Crippen molar-refractivity contribution >= 4 is 29.4 Å². The molecule has 0 saturated carbocycles. The van der Waals surface area contributed by atoms with Gasteiger partial charge in [0.05, 0.1) is 4.58 Å². The molecule has 0 aliphatic carbocycles. The number of rotatable bonds is 2. The van der Waals surface area contributed by atoms with Gasteiger partial charge in [-0.2, -0.15) is 0 Å². The van der Waals surface area contributed by atoms with Crippen molar-refractivity contribution < 1.29 is 4.79 Å². The second-order valence-electron chi connectivity index (χ2n) is 2.11. The SMILES string of the molecule is CC(=O)NCC1SCCS1. The van der Waals surface area contributed by atoms with Crippen molar-refractivity contribution in [2.45, 2.75) is 11.5 Å². The summed E-state index contributed by atoms with van der Waals surface area (Å²) in [7, 11) is 0. The fourth-order valence-corrected chi connectivity index (χ4v) is 3.41. The molecule has 1 N–H and O–H groups in total. The summed E-state index contributed by atoms with van der Waals surface area (Å²) in [5.41, 5.74) is 0. The molecule has 0 atom stereocenters. The molecular formula is C6H11NOS2. The lowest BCUT2D eigenvalue weighted by molar-refractivity contribution is -0.118. The zero-order chi connectivity index (χ0) is 7.40. The average Bonchev–Trinajstić information content (AvgIpc) is 2.34. The molecule has 1 rings (SSSR count). The number of hydrogen-bond acceptors (Lipinski definition) is 3. The fraction of sp³-hybridized carbons (Fsp3) is 0.833. The minimum absolute atomic E-state index is 0.0769. The molecule has 1 heterocycles. The molecule has 58 valence electrons. The van der Waals surface area contributed by atoms with Crippen LogP contribution in [0.15, 0.2) is 0 Å². The lowest BCUT2D eigenvalue weighted by Crippen LogP contribution is -2.25. The van der Waals surface area contributed by atoms with Gasteiger partial charge in [-0.1, -0.05) is 0 Å². The Bertz CT molecular complexity index is 123. The number of amides is 1. The summed E-state index contributed by atoms with van der Waals surface area (Å²) < 4.78 is 0.601. The molecule has 1 fully saturated rings. The molecule has 0 spiro atoms. The number of carbonyl (C=O) groups is 1. The Labute approximate surface area is 69.5 Å². The third-order valence-electron chi connectivity index (χ3n) is 1.21. The van der Waals surface area contributed by atoms with Gasteiger partial charge in [0.25, 0.3) is 0 Å². The molecule has 0 unspecified atom stereocenters. The Hall–Kier alpha value is 0.170. The molecule has 1 aliphatic rings. The monoisotopic (exact) mass is 177 g/mol. The first-order valence-electron chi connectivity index (χ1n) is 3.26. The number of thioether (sulfide) groups is 2. The summed E-state index contributed by atoms with van der Waals surface area (Å²) in [5, 5.41) is 2.81. The van der Waals surface area contributed by atoms with E-state index in [1.807, 2.05) is 23.5 Å². The van der Waals surface area contributed by atoms with E-state index in [-0.39, 0.29) is 5.91 Å². The van der Waals surface area contributed by atoms with Gasteiger partial charge >= 0.3 is 0 Å². The van der Waals surface area contributed by atoms with Crippen LogP contribution in [0.4, 0.5) is 0 Å². The summed E-state index contributed by atoms with van der Waals surface area (Å²) in [6, 6.07) is 0. The van der Waals surface area contributed by atoms with Crippen molar-refractivity contribution in [3.63, 3.8) is 0 Å². The Balaban J connectivity index is 2.07. The molecule has 0 aromatic carbocycles. The summed E-state index contributed by atoms with van der Waals surface area (Å²) in [4.78, 5) is 10.5. The molecule has 0 aromatic heterocycles. The van der Waals surface area contributed by atoms with Crippen molar-refractivity contribution in [3.05, 3.63) is 0 Å². The van der Waals surface area contributed by atoms with Crippen molar-refractivity contribution in [1.29, 1.82) is 0 Å². The van der Waals surface area contributed by atoms with Gasteiger partial charge in [-0.15, -0.1) is 23.5 Å². The maximum absolute atomic E-state index is 10.5. The largest absolute Gasteiger partial charge is 0.354 e. The van der Waals surface area contributed by atoms with Gasteiger partial charge in [0.1, 0.15) is 0 Å². The Kier molecular flexibility index (Phi) is 3.42. The van der Waals surface area contributed by atoms with E-state index < -0.39 is 0 Å². The van der Waals surface area contributed by atoms with Crippen LogP contribution in [-0.2, 0) is 4.79 Å². The van der Waals surface area contributed by atoms with Gasteiger partial charge in [-0.05, 0) is 0 Å². The predicted molar refractivity (Wildman–Crippen MR) is 47.4 cm³/mol. The standard InChI is InChI=1S/C6H11NOS2/c1-5(8)7-4-6-9-2-3-10-6/h6H,2-4H2,1H3,(H,7,8). The van der Waals surface area contributed by atoms with Crippen LogP contribution >= 0.6 is 23.5 Å². The summed E-state index contributed by atoms with van der Waals surface area (Å²) in [6.45, 7) is 2.38. The first kappa shape index (κ1) is 8.27. The summed E-state index contributed by atoms with van der Waals surface area (Å²) >= 11 is 3.87. The van der Waals surface area contributed by atoms with Crippen LogP contribution in [0.3, 0.4) is 0 Å². The Morgan fingerprint density at radius 2 is 2.20 bits per heavy atom. The maximum atomic E-state index is 10.5. The molecule has 0 radical (unpaired) electrons. The first-order chi connectivity index (χ1) is 4.79. The van der Waals surface area contributed by atoms with Crippen LogP contribution in [0.2, 0.25) is 0 Å². The van der Waals surface area contributed by atoms with E-state index in [2.05, 4.69) is 5.32 Å². The molecular weight excluding hydrogens is 166 g/mol. The van der Waals surface area contributed by atoms with Gasteiger partial charge in [0, 0.05) is 25.0 Å². The van der Waals surface area contributed by atoms with Crippen LogP contribution in [0, 0.1) is 0 Å². The Morgan fingerprint density at radius 1 is 1.60 bits per heavy atom. The highest BCUT2D eigenvalue weighted by Crippen LogP contribution is 2.30. The smallest absolute Gasteiger partial charge is 0.216 e. The van der Waals surface area contributed by atoms with E-state index in [0.717, 1.165) is 6.54 Å². The minimum Gasteiger partial charge on any atom is -0.354 e. The molecule has 1 saturated heterocycles. The zero-order valence-electron chi connectivity index (χ0n) is 5.92. The normalized spacial score (nSPS) is 19.3. The van der Waals surface area contributed by atoms with Crippen molar-refractivity contribution in [3.8, 4) is 0 Å². The molecule has 10 heavy (non-hydrogen) atoms. The summed E-state index contributed by atoms with van der Waals surface area (Å²) in [5.74, 6) is 2.54. The predicted octanol–water partition coefficient (Wildman–Crippen LogP) is 0.929. The lowest BCUT2D eigenvalue weighted by Gasteiger charge is -2.06. The zero-order valence-corrected chi connectivity index (χ0v) is 7.56. The highest BCUT2D eigenvalue weighted by molar-refractivity contribution is 8.20. The number of hydrogen-bond donors (Lipinski definition) is 1. The van der Waals surface area contributed by atoms with E-state index in [9.17, 15) is 4.79 Å². The number of carbonyl (C=O) groups excluding carboxylic acids is 1. The third-order valence-corrected chi connectivity index (χ3v) is 4.24. The van der Waals surface area contributed by atoms with E-state index in [1.165, 1.54) is 11.5 Å². The quantitative estimate of drug-likeness (QED) is 0.680. The van der Waals surface area contributed by atoms with Gasteiger partial charge in [0.2, 0.25) is 5.91 Å². The van der Waals surface area contributed by atoms with Crippen LogP contribution < -0.4 is 5.32 Å².